The second kappa shape index (κ2) is 13.0. The van der Waals surface area contributed by atoms with E-state index in [2.05, 4.69) is 10.6 Å². The fourth-order valence-electron chi connectivity index (χ4n) is 5.61. The lowest BCUT2D eigenvalue weighted by atomic mass is 9.88. The van der Waals surface area contributed by atoms with Crippen LogP contribution in [0.15, 0.2) is 24.3 Å². The molecule has 1 saturated carbocycles. The van der Waals surface area contributed by atoms with Crippen LogP contribution in [0.2, 0.25) is 0 Å². The zero-order valence-corrected chi connectivity index (χ0v) is 23.3. The van der Waals surface area contributed by atoms with Gasteiger partial charge in [0.05, 0.1) is 25.8 Å². The minimum Gasteiger partial charge on any atom is -0.497 e. The standard InChI is InChI=1S/C30H42N2O7/c1-19(31-29(36)26-9-6-14-38-26)25(33)17-22(15-21-10-12-23(37-3)13-11-21)28(35)32-24(16-20-7-4-5-8-20)27(34)30(2)18-39-30/h10-13,19-20,22,24,26H,4-9,14-18H2,1-3H3,(H,31,36)(H,32,35)/t19-,22-,24+,26+,30-/m1/s1. The maximum Gasteiger partial charge on any atom is 0.249 e. The molecule has 0 radical (unpaired) electrons. The minimum atomic E-state index is -0.848. The number of hydrogen-bond donors (Lipinski definition) is 2. The molecule has 0 bridgehead atoms. The summed E-state index contributed by atoms with van der Waals surface area (Å²) in [6.45, 7) is 4.29. The van der Waals surface area contributed by atoms with Gasteiger partial charge in [0.25, 0.3) is 0 Å². The number of epoxide rings is 1. The first-order valence-electron chi connectivity index (χ1n) is 14.2. The highest BCUT2D eigenvalue weighted by Gasteiger charge is 2.50. The molecule has 3 fully saturated rings. The number of nitrogens with one attached hydrogen (secondary N) is 2. The molecule has 2 saturated heterocycles. The van der Waals surface area contributed by atoms with E-state index in [1.807, 2.05) is 24.3 Å². The number of carbonyl (C=O) groups is 4. The van der Waals surface area contributed by atoms with E-state index in [4.69, 9.17) is 14.2 Å². The van der Waals surface area contributed by atoms with Gasteiger partial charge >= 0.3 is 0 Å². The third kappa shape index (κ3) is 7.88. The molecule has 214 valence electrons. The van der Waals surface area contributed by atoms with Gasteiger partial charge in [-0.1, -0.05) is 37.8 Å². The van der Waals surface area contributed by atoms with E-state index >= 15 is 0 Å². The Morgan fingerprint density at radius 3 is 2.33 bits per heavy atom. The van der Waals surface area contributed by atoms with Crippen molar-refractivity contribution in [1.82, 2.24) is 10.6 Å². The summed E-state index contributed by atoms with van der Waals surface area (Å²) in [5, 5.41) is 5.76. The van der Waals surface area contributed by atoms with Crippen LogP contribution in [-0.2, 0) is 35.1 Å². The quantitative estimate of drug-likeness (QED) is 0.347. The number of carbonyl (C=O) groups excluding carboxylic acids is 4. The predicted octanol–water partition coefficient (Wildman–Crippen LogP) is 2.92. The molecule has 2 amide bonds. The van der Waals surface area contributed by atoms with Crippen molar-refractivity contribution in [3.8, 4) is 5.75 Å². The van der Waals surface area contributed by atoms with Crippen LogP contribution in [-0.4, -0.2) is 67.5 Å². The van der Waals surface area contributed by atoms with Crippen LogP contribution in [0, 0.1) is 11.8 Å². The first-order valence-corrected chi connectivity index (χ1v) is 14.2. The monoisotopic (exact) mass is 542 g/mol. The topological polar surface area (TPSA) is 123 Å². The second-order valence-corrected chi connectivity index (χ2v) is 11.5. The van der Waals surface area contributed by atoms with Gasteiger partial charge in [-0.15, -0.1) is 0 Å². The number of rotatable bonds is 14. The molecule has 0 aromatic heterocycles. The van der Waals surface area contributed by atoms with Crippen molar-refractivity contribution in [3.63, 3.8) is 0 Å². The van der Waals surface area contributed by atoms with E-state index in [0.29, 0.717) is 44.1 Å². The lowest BCUT2D eigenvalue weighted by Gasteiger charge is -2.26. The van der Waals surface area contributed by atoms with Crippen molar-refractivity contribution < 1.29 is 33.4 Å². The molecular formula is C30H42N2O7. The molecule has 0 unspecified atom stereocenters. The van der Waals surface area contributed by atoms with Gasteiger partial charge in [-0.3, -0.25) is 19.2 Å². The molecule has 2 aliphatic heterocycles. The van der Waals surface area contributed by atoms with Gasteiger partial charge < -0.3 is 24.8 Å². The smallest absolute Gasteiger partial charge is 0.249 e. The van der Waals surface area contributed by atoms with E-state index in [1.54, 1.807) is 21.0 Å². The SMILES string of the molecule is COc1ccc(C[C@H](CC(=O)[C@@H](C)NC(=O)[C@@H]2CCCO2)C(=O)N[C@@H](CC2CCCC2)C(=O)[C@@]2(C)CO2)cc1. The van der Waals surface area contributed by atoms with Gasteiger partial charge in [-0.05, 0) is 63.1 Å². The Bertz CT molecular complexity index is 1020. The third-order valence-electron chi connectivity index (χ3n) is 8.30. The molecule has 9 nitrogen and oxygen atoms in total. The van der Waals surface area contributed by atoms with E-state index in [-0.39, 0.29) is 29.8 Å². The summed E-state index contributed by atoms with van der Waals surface area (Å²) in [7, 11) is 1.59. The average molecular weight is 543 g/mol. The largest absolute Gasteiger partial charge is 0.497 e. The molecule has 4 rings (SSSR count). The number of hydrogen-bond acceptors (Lipinski definition) is 7. The highest BCUT2D eigenvalue weighted by atomic mass is 16.6. The molecule has 1 aliphatic carbocycles. The van der Waals surface area contributed by atoms with Crippen molar-refractivity contribution in [1.29, 1.82) is 0 Å². The summed E-state index contributed by atoms with van der Waals surface area (Å²) in [5.74, 6) is -0.611. The lowest BCUT2D eigenvalue weighted by Crippen LogP contribution is -2.50. The highest BCUT2D eigenvalue weighted by Crippen LogP contribution is 2.34. The molecule has 3 aliphatic rings. The summed E-state index contributed by atoms with van der Waals surface area (Å²) in [5.41, 5.74) is 0.0230. The van der Waals surface area contributed by atoms with E-state index in [1.165, 1.54) is 0 Å². The summed E-state index contributed by atoms with van der Waals surface area (Å²) in [6.07, 6.45) is 6.11. The molecule has 2 N–H and O–H groups in total. The summed E-state index contributed by atoms with van der Waals surface area (Å²) in [6, 6.07) is 5.95. The van der Waals surface area contributed by atoms with Gasteiger partial charge in [-0.25, -0.2) is 0 Å². The number of Topliss-reactive ketones (excluding diaryl/α,β-unsaturated/α-hetero) is 2. The molecule has 39 heavy (non-hydrogen) atoms. The molecular weight excluding hydrogens is 500 g/mol. The van der Waals surface area contributed by atoms with Crippen LogP contribution >= 0.6 is 0 Å². The number of amides is 2. The van der Waals surface area contributed by atoms with Crippen molar-refractivity contribution in [2.75, 3.05) is 20.3 Å². The first-order chi connectivity index (χ1) is 18.7. The van der Waals surface area contributed by atoms with Crippen LogP contribution < -0.4 is 15.4 Å². The molecule has 2 heterocycles. The second-order valence-electron chi connectivity index (χ2n) is 11.5. The number of ketones is 2. The molecule has 1 aromatic carbocycles. The van der Waals surface area contributed by atoms with E-state index < -0.39 is 29.7 Å². The normalized spacial score (nSPS) is 24.9. The van der Waals surface area contributed by atoms with Gasteiger partial charge in [0.2, 0.25) is 11.8 Å². The third-order valence-corrected chi connectivity index (χ3v) is 8.30. The molecule has 1 aromatic rings. The Morgan fingerprint density at radius 2 is 1.74 bits per heavy atom. The Morgan fingerprint density at radius 1 is 1.05 bits per heavy atom. The average Bonchev–Trinajstić information content (AvgIpc) is 3.32. The Balaban J connectivity index is 1.46. The highest BCUT2D eigenvalue weighted by molar-refractivity contribution is 5.98. The van der Waals surface area contributed by atoms with Crippen LogP contribution in [0.25, 0.3) is 0 Å². The molecule has 5 atom stereocenters. The lowest BCUT2D eigenvalue weighted by molar-refractivity contribution is -0.136. The maximum atomic E-state index is 13.7. The Hall–Kier alpha value is -2.78. The van der Waals surface area contributed by atoms with Crippen molar-refractivity contribution in [2.45, 2.75) is 95.4 Å². The van der Waals surface area contributed by atoms with Gasteiger partial charge in [0, 0.05) is 18.9 Å². The number of ether oxygens (including phenoxy) is 3. The van der Waals surface area contributed by atoms with Crippen LogP contribution in [0.5, 0.6) is 5.75 Å². The summed E-state index contributed by atoms with van der Waals surface area (Å²) < 4.78 is 16.1. The van der Waals surface area contributed by atoms with E-state index in [0.717, 1.165) is 37.7 Å². The zero-order chi connectivity index (χ0) is 28.0. The Kier molecular flexibility index (Phi) is 9.77. The summed E-state index contributed by atoms with van der Waals surface area (Å²) >= 11 is 0. The first kappa shape index (κ1) is 29.2. The van der Waals surface area contributed by atoms with Gasteiger partial charge in [0.15, 0.2) is 11.6 Å². The fourth-order valence-corrected chi connectivity index (χ4v) is 5.61. The molecule has 9 heteroatoms. The van der Waals surface area contributed by atoms with Crippen molar-refractivity contribution >= 4 is 23.4 Å². The van der Waals surface area contributed by atoms with Gasteiger partial charge in [0.1, 0.15) is 17.5 Å². The number of methoxy groups -OCH3 is 1. The van der Waals surface area contributed by atoms with Gasteiger partial charge in [-0.2, -0.15) is 0 Å². The predicted molar refractivity (Wildman–Crippen MR) is 144 cm³/mol. The fraction of sp³-hybridized carbons (Fsp3) is 0.667. The van der Waals surface area contributed by atoms with Crippen molar-refractivity contribution in [2.24, 2.45) is 11.8 Å². The van der Waals surface area contributed by atoms with Crippen LogP contribution in [0.1, 0.15) is 70.8 Å². The minimum absolute atomic E-state index is 0.0665. The molecule has 0 spiro atoms. The van der Waals surface area contributed by atoms with Crippen LogP contribution in [0.3, 0.4) is 0 Å². The van der Waals surface area contributed by atoms with Crippen LogP contribution in [0.4, 0.5) is 0 Å². The van der Waals surface area contributed by atoms with E-state index in [9.17, 15) is 19.2 Å². The number of benzene rings is 1. The maximum absolute atomic E-state index is 13.7. The summed E-state index contributed by atoms with van der Waals surface area (Å²) in [4.78, 5) is 52.7. The zero-order valence-electron chi connectivity index (χ0n) is 23.3. The van der Waals surface area contributed by atoms with Crippen molar-refractivity contribution in [3.05, 3.63) is 29.8 Å². The Labute approximate surface area is 230 Å².